The molecule has 1 aliphatic rings. The van der Waals surface area contributed by atoms with Gasteiger partial charge < -0.3 is 46.5 Å². The first-order chi connectivity index (χ1) is 24.9. The Morgan fingerprint density at radius 2 is 1.77 bits per heavy atom. The molecule has 0 radical (unpaired) electrons. The van der Waals surface area contributed by atoms with Gasteiger partial charge in [0.15, 0.2) is 17.0 Å². The highest BCUT2D eigenvalue weighted by atomic mass is 32.2. The standard InChI is InChI=1S/C33H47N9O9S/c1-3-51-32-38-28(35)27-29(39-32)42(33(49)37-27)18-21-9-8-20(15-23(21)50-2)17-40-11-13-41(14-12-40)26(44)7-5-4-6-10-36-25(43)16-24(31(47)48)52-19-22(34)30(45)46/h8-9,15,22,24H,3-7,10-14,16-19,34H2,1-2H3,(H,36,43)(H,37,49)(H,45,46)(H,47,48)(H2,35,38,39)/t22-,24?/m1/s1. The molecule has 2 amide bonds. The SMILES string of the molecule is CCOc1nc(N)c2nc(O)n(Cc3ccc(CN4CCN(C(=O)CCCCCNC(=O)CC(SC[C@@H](N)C(=O)O)C(=O)O)CC4)cc3OC)c2n1. The number of thioether (sulfide) groups is 1. The number of ether oxygens (including phenoxy) is 2. The first-order valence-corrected chi connectivity index (χ1v) is 18.1. The molecule has 52 heavy (non-hydrogen) atoms. The quantitative estimate of drug-likeness (QED) is 0.0877. The number of hydrogen-bond donors (Lipinski definition) is 6. The highest BCUT2D eigenvalue weighted by Crippen LogP contribution is 2.29. The van der Waals surface area contributed by atoms with Crippen molar-refractivity contribution in [2.75, 3.05) is 57.9 Å². The van der Waals surface area contributed by atoms with Crippen molar-refractivity contribution >= 4 is 52.5 Å². The number of benzene rings is 1. The van der Waals surface area contributed by atoms with Gasteiger partial charge in [-0.3, -0.25) is 28.6 Å². The van der Waals surface area contributed by atoms with E-state index in [1.165, 1.54) is 4.57 Å². The number of anilines is 1. The Morgan fingerprint density at radius 1 is 1.02 bits per heavy atom. The van der Waals surface area contributed by atoms with E-state index in [1.54, 1.807) is 7.11 Å². The molecule has 0 spiro atoms. The number of fused-ring (bicyclic) bond motifs is 1. The largest absolute Gasteiger partial charge is 0.496 e. The molecule has 1 aromatic carbocycles. The minimum Gasteiger partial charge on any atom is -0.496 e. The number of piperazine rings is 1. The van der Waals surface area contributed by atoms with Crippen molar-refractivity contribution in [3.63, 3.8) is 0 Å². The number of carbonyl (C=O) groups excluding carboxylic acids is 2. The monoisotopic (exact) mass is 745 g/mol. The number of amides is 2. The number of aliphatic carboxylic acids is 2. The Morgan fingerprint density at radius 3 is 2.44 bits per heavy atom. The minimum atomic E-state index is -1.23. The van der Waals surface area contributed by atoms with Gasteiger partial charge in [-0.05, 0) is 31.4 Å². The second-order valence-electron chi connectivity index (χ2n) is 12.3. The van der Waals surface area contributed by atoms with E-state index in [4.69, 9.17) is 26.0 Å². The lowest BCUT2D eigenvalue weighted by Gasteiger charge is -2.35. The summed E-state index contributed by atoms with van der Waals surface area (Å²) in [7, 11) is 1.59. The lowest BCUT2D eigenvalue weighted by molar-refractivity contribution is -0.139. The molecule has 0 saturated carbocycles. The number of nitrogen functional groups attached to an aromatic ring is 1. The number of methoxy groups -OCH3 is 1. The van der Waals surface area contributed by atoms with Crippen LogP contribution in [-0.4, -0.2) is 132 Å². The van der Waals surface area contributed by atoms with Crippen LogP contribution >= 0.6 is 11.8 Å². The average Bonchev–Trinajstić information content (AvgIpc) is 3.43. The molecular formula is C33H47N9O9S. The first kappa shape index (κ1) is 39.9. The number of carboxylic acid groups (broad SMARTS) is 2. The van der Waals surface area contributed by atoms with Crippen molar-refractivity contribution in [2.24, 2.45) is 5.73 Å². The molecule has 8 N–H and O–H groups in total. The zero-order chi connectivity index (χ0) is 37.8. The first-order valence-electron chi connectivity index (χ1n) is 17.0. The third-order valence-electron chi connectivity index (χ3n) is 8.50. The molecule has 284 valence electrons. The van der Waals surface area contributed by atoms with E-state index in [0.29, 0.717) is 63.4 Å². The van der Waals surface area contributed by atoms with Crippen LogP contribution in [0.1, 0.15) is 50.2 Å². The lowest BCUT2D eigenvalue weighted by atomic mass is 10.1. The topological polar surface area (TPSA) is 262 Å². The molecule has 1 unspecified atom stereocenters. The number of imidazole rings is 1. The van der Waals surface area contributed by atoms with E-state index in [9.17, 15) is 29.4 Å². The van der Waals surface area contributed by atoms with E-state index in [0.717, 1.165) is 42.4 Å². The van der Waals surface area contributed by atoms with E-state index < -0.39 is 29.1 Å². The van der Waals surface area contributed by atoms with E-state index in [2.05, 4.69) is 25.2 Å². The van der Waals surface area contributed by atoms with Crippen molar-refractivity contribution in [3.05, 3.63) is 29.3 Å². The van der Waals surface area contributed by atoms with Gasteiger partial charge in [-0.25, -0.2) is 0 Å². The zero-order valence-corrected chi connectivity index (χ0v) is 30.1. The molecule has 19 heteroatoms. The zero-order valence-electron chi connectivity index (χ0n) is 29.3. The third-order valence-corrected chi connectivity index (χ3v) is 9.82. The molecule has 3 aromatic rings. The van der Waals surface area contributed by atoms with Crippen LogP contribution in [0.25, 0.3) is 11.2 Å². The van der Waals surface area contributed by atoms with Crippen LogP contribution in [0.5, 0.6) is 17.8 Å². The summed E-state index contributed by atoms with van der Waals surface area (Å²) in [5.74, 6) is -2.15. The van der Waals surface area contributed by atoms with Crippen molar-refractivity contribution in [2.45, 2.75) is 63.4 Å². The van der Waals surface area contributed by atoms with Gasteiger partial charge in [0.2, 0.25) is 11.8 Å². The molecule has 18 nitrogen and oxygen atoms in total. The number of carboxylic acids is 2. The maximum Gasteiger partial charge on any atom is 0.321 e. The Balaban J connectivity index is 1.17. The van der Waals surface area contributed by atoms with Gasteiger partial charge in [0.25, 0.3) is 6.01 Å². The van der Waals surface area contributed by atoms with Gasteiger partial charge in [-0.15, -0.1) is 11.8 Å². The van der Waals surface area contributed by atoms with E-state index in [1.807, 2.05) is 30.0 Å². The van der Waals surface area contributed by atoms with Crippen molar-refractivity contribution in [1.82, 2.24) is 34.6 Å². The normalized spacial score (nSPS) is 14.6. The Hall–Kier alpha value is -4.88. The van der Waals surface area contributed by atoms with Crippen LogP contribution in [0.4, 0.5) is 5.82 Å². The van der Waals surface area contributed by atoms with Crippen LogP contribution < -0.4 is 26.3 Å². The summed E-state index contributed by atoms with van der Waals surface area (Å²) in [5.41, 5.74) is 13.9. The van der Waals surface area contributed by atoms with Gasteiger partial charge in [0.05, 0.1) is 20.3 Å². The fourth-order valence-corrected chi connectivity index (χ4v) is 6.64. The fourth-order valence-electron chi connectivity index (χ4n) is 5.64. The van der Waals surface area contributed by atoms with Crippen LogP contribution in [0.2, 0.25) is 0 Å². The molecule has 1 aliphatic heterocycles. The lowest BCUT2D eigenvalue weighted by Crippen LogP contribution is -2.48. The van der Waals surface area contributed by atoms with Gasteiger partial charge in [-0.1, -0.05) is 18.6 Å². The molecule has 4 rings (SSSR count). The highest BCUT2D eigenvalue weighted by Gasteiger charge is 2.25. The van der Waals surface area contributed by atoms with E-state index in [-0.39, 0.29) is 48.0 Å². The number of nitrogens with two attached hydrogens (primary N) is 2. The number of carbonyl (C=O) groups is 4. The Labute approximate surface area is 304 Å². The Kier molecular flexibility index (Phi) is 14.7. The maximum absolute atomic E-state index is 12.8. The maximum atomic E-state index is 12.8. The molecule has 0 bridgehead atoms. The second kappa shape index (κ2) is 19.1. The molecule has 1 saturated heterocycles. The van der Waals surface area contributed by atoms with Crippen LogP contribution in [0.3, 0.4) is 0 Å². The van der Waals surface area contributed by atoms with Gasteiger partial charge in [-0.2, -0.15) is 15.0 Å². The summed E-state index contributed by atoms with van der Waals surface area (Å²) in [4.78, 5) is 64.0. The number of nitrogens with zero attached hydrogens (tertiary/aromatic N) is 6. The number of hydrogen-bond acceptors (Lipinski definition) is 14. The van der Waals surface area contributed by atoms with Gasteiger partial charge in [0, 0.05) is 63.4 Å². The average molecular weight is 746 g/mol. The number of nitrogens with one attached hydrogen (secondary N) is 1. The van der Waals surface area contributed by atoms with Crippen molar-refractivity contribution in [1.29, 1.82) is 0 Å². The summed E-state index contributed by atoms with van der Waals surface area (Å²) in [6, 6.07) is 4.54. The highest BCUT2D eigenvalue weighted by molar-refractivity contribution is 8.00. The molecule has 3 heterocycles. The molecule has 1 fully saturated rings. The summed E-state index contributed by atoms with van der Waals surface area (Å²) >= 11 is 0.828. The second-order valence-corrected chi connectivity index (χ2v) is 13.5. The van der Waals surface area contributed by atoms with Crippen LogP contribution in [0, 0.1) is 0 Å². The molecule has 2 atom stereocenters. The summed E-state index contributed by atoms with van der Waals surface area (Å²) in [6.07, 6.45) is 2.15. The molecular weight excluding hydrogens is 698 g/mol. The smallest absolute Gasteiger partial charge is 0.321 e. The number of aromatic nitrogens is 4. The Bertz CT molecular complexity index is 1720. The van der Waals surface area contributed by atoms with Gasteiger partial charge in [0.1, 0.15) is 17.0 Å². The van der Waals surface area contributed by atoms with E-state index >= 15 is 0 Å². The molecule has 0 aliphatic carbocycles. The van der Waals surface area contributed by atoms with Crippen molar-refractivity contribution in [3.8, 4) is 17.8 Å². The van der Waals surface area contributed by atoms with Crippen LogP contribution in [-0.2, 0) is 32.3 Å². The predicted molar refractivity (Wildman–Crippen MR) is 192 cm³/mol. The number of aromatic hydroxyl groups is 1. The molecule has 2 aromatic heterocycles. The third kappa shape index (κ3) is 11.1. The summed E-state index contributed by atoms with van der Waals surface area (Å²) < 4.78 is 12.6. The van der Waals surface area contributed by atoms with Crippen LogP contribution in [0.15, 0.2) is 18.2 Å². The summed E-state index contributed by atoms with van der Waals surface area (Å²) in [6.45, 7) is 6.09. The predicted octanol–water partition coefficient (Wildman–Crippen LogP) is 0.879. The minimum absolute atomic E-state index is 0.0892. The summed E-state index contributed by atoms with van der Waals surface area (Å²) in [5, 5.41) is 30.4. The van der Waals surface area contributed by atoms with Crippen molar-refractivity contribution < 1.29 is 44.0 Å². The fraction of sp³-hybridized carbons (Fsp3) is 0.545. The number of rotatable bonds is 20. The van der Waals surface area contributed by atoms with Gasteiger partial charge >= 0.3 is 17.9 Å². The number of unbranched alkanes of at least 4 members (excludes halogenated alkanes) is 2.